The first-order valence-corrected chi connectivity index (χ1v) is 11.6. The molecule has 7 nitrogen and oxygen atoms in total. The number of amides is 1. The fraction of sp³-hybridized carbons (Fsp3) is 0.333. The van der Waals surface area contributed by atoms with E-state index in [0.29, 0.717) is 12.0 Å². The minimum absolute atomic E-state index is 0.0256. The Kier molecular flexibility index (Phi) is 6.74. The molecule has 3 atom stereocenters. The Labute approximate surface area is 188 Å². The van der Waals surface area contributed by atoms with E-state index >= 15 is 0 Å². The summed E-state index contributed by atoms with van der Waals surface area (Å²) in [7, 11) is -1.56. The van der Waals surface area contributed by atoms with Crippen LogP contribution in [0, 0.1) is 11.3 Å². The molecule has 0 bridgehead atoms. The molecule has 2 aromatic carbocycles. The second kappa shape index (κ2) is 9.16. The summed E-state index contributed by atoms with van der Waals surface area (Å²) in [5.74, 6) is -1.41. The maximum absolute atomic E-state index is 13.2. The smallest absolute Gasteiger partial charge is 0.306 e. The first kappa shape index (κ1) is 23.5. The summed E-state index contributed by atoms with van der Waals surface area (Å²) in [6.45, 7) is 5.39. The maximum atomic E-state index is 13.2. The highest BCUT2D eigenvalue weighted by Crippen LogP contribution is 2.53. The van der Waals surface area contributed by atoms with Crippen LogP contribution in [0.25, 0.3) is 0 Å². The predicted octanol–water partition coefficient (Wildman–Crippen LogP) is 3.41. The van der Waals surface area contributed by atoms with Gasteiger partial charge in [-0.3, -0.25) is 9.59 Å². The molecule has 0 heterocycles. The van der Waals surface area contributed by atoms with E-state index in [-0.39, 0.29) is 23.0 Å². The van der Waals surface area contributed by atoms with Gasteiger partial charge in [-0.25, -0.2) is 13.1 Å². The normalized spacial score (nSPS) is 20.7. The van der Waals surface area contributed by atoms with Gasteiger partial charge in [0.25, 0.3) is 10.0 Å². The molecule has 1 unspecified atom stereocenters. The monoisotopic (exact) mass is 457 g/mol. The van der Waals surface area contributed by atoms with Crippen LogP contribution >= 0.6 is 0 Å². The Morgan fingerprint density at radius 1 is 1.19 bits per heavy atom. The van der Waals surface area contributed by atoms with Crippen LogP contribution in [-0.2, 0) is 24.3 Å². The molecule has 0 saturated heterocycles. The summed E-state index contributed by atoms with van der Waals surface area (Å²) in [6, 6.07) is 13.9. The van der Waals surface area contributed by atoms with Gasteiger partial charge in [-0.1, -0.05) is 49.4 Å². The maximum Gasteiger partial charge on any atom is 0.306 e. The highest BCUT2D eigenvalue weighted by molar-refractivity contribution is 7.90. The van der Waals surface area contributed by atoms with Crippen molar-refractivity contribution in [1.29, 1.82) is 0 Å². The number of hydrogen-bond acceptors (Lipinski definition) is 6. The van der Waals surface area contributed by atoms with E-state index < -0.39 is 33.2 Å². The van der Waals surface area contributed by atoms with Crippen molar-refractivity contribution >= 4 is 21.9 Å². The molecule has 1 saturated carbocycles. The van der Waals surface area contributed by atoms with Gasteiger partial charge in [-0.15, -0.1) is 6.58 Å². The van der Waals surface area contributed by atoms with Gasteiger partial charge in [0, 0.05) is 5.92 Å². The van der Waals surface area contributed by atoms with E-state index in [4.69, 9.17) is 9.47 Å². The molecule has 0 aliphatic heterocycles. The quantitative estimate of drug-likeness (QED) is 0.458. The number of sulfonamides is 1. The van der Waals surface area contributed by atoms with Crippen LogP contribution in [0.2, 0.25) is 0 Å². The molecule has 1 amide bonds. The first-order valence-electron chi connectivity index (χ1n) is 10.2. The Morgan fingerprint density at radius 3 is 2.44 bits per heavy atom. The first-order chi connectivity index (χ1) is 15.2. The molecule has 1 fully saturated rings. The molecule has 0 aromatic heterocycles. The number of hydrogen-bond donors (Lipinski definition) is 1. The molecule has 32 heavy (non-hydrogen) atoms. The van der Waals surface area contributed by atoms with Crippen molar-refractivity contribution < 1.29 is 27.5 Å². The summed E-state index contributed by atoms with van der Waals surface area (Å²) in [5.41, 5.74) is 0.614. The van der Waals surface area contributed by atoms with Crippen molar-refractivity contribution in [3.63, 3.8) is 0 Å². The molecule has 1 aliphatic carbocycles. The van der Waals surface area contributed by atoms with Gasteiger partial charge in [-0.05, 0) is 35.6 Å². The Morgan fingerprint density at radius 2 is 1.88 bits per heavy atom. The molecule has 2 aromatic rings. The van der Waals surface area contributed by atoms with Gasteiger partial charge < -0.3 is 9.47 Å². The third kappa shape index (κ3) is 4.70. The van der Waals surface area contributed by atoms with E-state index in [1.807, 2.05) is 30.3 Å². The second-order valence-electron chi connectivity index (χ2n) is 8.05. The lowest BCUT2D eigenvalue weighted by Gasteiger charge is -2.20. The van der Waals surface area contributed by atoms with Crippen molar-refractivity contribution in [2.45, 2.75) is 30.6 Å². The largest absolute Gasteiger partial charge is 0.495 e. The average Bonchev–Trinajstić information content (AvgIpc) is 3.49. The minimum atomic E-state index is -4.22. The number of ether oxygens (including phenoxy) is 2. The molecule has 3 rings (SSSR count). The molecule has 0 spiro atoms. The van der Waals surface area contributed by atoms with Crippen LogP contribution in [0.15, 0.2) is 66.1 Å². The highest BCUT2D eigenvalue weighted by atomic mass is 32.2. The number of carbonyl (C=O) groups excluding carboxylic acids is 2. The molecule has 170 valence electrons. The fourth-order valence-corrected chi connectivity index (χ4v) is 5.07. The Hall–Kier alpha value is -3.13. The van der Waals surface area contributed by atoms with Crippen molar-refractivity contribution in [1.82, 2.24) is 4.72 Å². The number of nitrogens with one attached hydrogen (secondary N) is 1. The van der Waals surface area contributed by atoms with Crippen LogP contribution in [0.1, 0.15) is 36.8 Å². The van der Waals surface area contributed by atoms with Crippen molar-refractivity contribution in [2.75, 3.05) is 14.2 Å². The van der Waals surface area contributed by atoms with Crippen LogP contribution in [0.4, 0.5) is 0 Å². The molecular formula is C24H27NO6S. The Bertz CT molecular complexity index is 1130. The fourth-order valence-electron chi connectivity index (χ4n) is 3.78. The van der Waals surface area contributed by atoms with Gasteiger partial charge in [0.1, 0.15) is 10.6 Å². The summed E-state index contributed by atoms with van der Waals surface area (Å²) in [5, 5.41) is 0. The van der Waals surface area contributed by atoms with E-state index in [1.165, 1.54) is 26.4 Å². The lowest BCUT2D eigenvalue weighted by Crippen LogP contribution is -2.36. The van der Waals surface area contributed by atoms with Gasteiger partial charge in [0.15, 0.2) is 0 Å². The highest BCUT2D eigenvalue weighted by Gasteiger charge is 2.55. The zero-order valence-electron chi connectivity index (χ0n) is 18.3. The number of rotatable bonds is 9. The summed E-state index contributed by atoms with van der Waals surface area (Å²) < 4.78 is 38.6. The molecule has 8 heteroatoms. The summed E-state index contributed by atoms with van der Waals surface area (Å²) in [6.07, 6.45) is 2.23. The van der Waals surface area contributed by atoms with E-state index in [9.17, 15) is 18.0 Å². The number of methoxy groups -OCH3 is 2. The standard InChI is InChI=1S/C24H27NO6S/c1-5-18-15-24(18,2)23(27)25-32(28,29)21-13-17(11-12-20(21)30-3)19(14-22(26)31-4)16-9-7-6-8-10-16/h5-13,18-19H,1,14-15H2,2-4H3,(H,25,27)/t18-,19?,24+/m1/s1. The SMILES string of the molecule is C=C[C@@H]1C[C@]1(C)C(=O)NS(=O)(=O)c1cc(C(CC(=O)OC)c2ccccc2)ccc1OC. The van der Waals surface area contributed by atoms with Crippen molar-refractivity contribution in [3.05, 3.63) is 72.3 Å². The van der Waals surface area contributed by atoms with E-state index in [2.05, 4.69) is 11.3 Å². The Balaban J connectivity index is 2.00. The van der Waals surface area contributed by atoms with Crippen LogP contribution in [0.3, 0.4) is 0 Å². The van der Waals surface area contributed by atoms with Gasteiger partial charge in [0.05, 0.1) is 26.1 Å². The number of benzene rings is 2. The number of carbonyl (C=O) groups is 2. The van der Waals surface area contributed by atoms with Gasteiger partial charge in [-0.2, -0.15) is 0 Å². The number of esters is 1. The number of allylic oxidation sites excluding steroid dienone is 1. The lowest BCUT2D eigenvalue weighted by atomic mass is 9.88. The third-order valence-electron chi connectivity index (χ3n) is 6.01. The van der Waals surface area contributed by atoms with Crippen molar-refractivity contribution in [2.24, 2.45) is 11.3 Å². The molecular weight excluding hydrogens is 430 g/mol. The topological polar surface area (TPSA) is 98.8 Å². The van der Waals surface area contributed by atoms with Crippen LogP contribution < -0.4 is 9.46 Å². The summed E-state index contributed by atoms with van der Waals surface area (Å²) >= 11 is 0. The predicted molar refractivity (Wildman–Crippen MR) is 120 cm³/mol. The van der Waals surface area contributed by atoms with Crippen molar-refractivity contribution in [3.8, 4) is 5.75 Å². The van der Waals surface area contributed by atoms with Gasteiger partial charge >= 0.3 is 5.97 Å². The van der Waals surface area contributed by atoms with Crippen LogP contribution in [-0.4, -0.2) is 34.5 Å². The zero-order valence-corrected chi connectivity index (χ0v) is 19.1. The zero-order chi connectivity index (χ0) is 23.5. The van der Waals surface area contributed by atoms with Gasteiger partial charge in [0.2, 0.25) is 5.91 Å². The van der Waals surface area contributed by atoms with E-state index in [0.717, 1.165) is 5.56 Å². The third-order valence-corrected chi connectivity index (χ3v) is 7.36. The second-order valence-corrected chi connectivity index (χ2v) is 9.70. The molecule has 0 radical (unpaired) electrons. The molecule has 1 N–H and O–H groups in total. The lowest BCUT2D eigenvalue weighted by molar-refractivity contribution is -0.140. The van der Waals surface area contributed by atoms with E-state index in [1.54, 1.807) is 19.1 Å². The summed E-state index contributed by atoms with van der Waals surface area (Å²) in [4.78, 5) is 24.6. The average molecular weight is 458 g/mol. The minimum Gasteiger partial charge on any atom is -0.495 e. The van der Waals surface area contributed by atoms with Crippen LogP contribution in [0.5, 0.6) is 5.75 Å². The molecule has 1 aliphatic rings.